The minimum Gasteiger partial charge on any atom is -0.440 e. The molecule has 1 aliphatic rings. The lowest BCUT2D eigenvalue weighted by molar-refractivity contribution is 0.0710. The molecule has 0 bridgehead atoms. The van der Waals surface area contributed by atoms with Gasteiger partial charge in [0, 0.05) is 32.7 Å². The van der Waals surface area contributed by atoms with Crippen molar-refractivity contribution in [3.05, 3.63) is 53.8 Å². The number of nitrogens with one attached hydrogen (secondary N) is 1. The number of benzene rings is 1. The number of hydrogen-bond donors (Lipinski definition) is 1. The number of H-pyrrole nitrogens is 1. The minimum absolute atomic E-state index is 0.0316. The van der Waals surface area contributed by atoms with Crippen molar-refractivity contribution < 1.29 is 13.9 Å². The first-order valence-electron chi connectivity index (χ1n) is 8.38. The van der Waals surface area contributed by atoms with E-state index in [0.29, 0.717) is 30.4 Å². The molecule has 3 aromatic rings. The van der Waals surface area contributed by atoms with Gasteiger partial charge in [-0.2, -0.15) is 15.4 Å². The Hall–Kier alpha value is -3.00. The fourth-order valence-corrected chi connectivity index (χ4v) is 3.36. The quantitative estimate of drug-likeness (QED) is 0.771. The number of carbonyl (C=O) groups is 1. The molecule has 1 fully saturated rings. The van der Waals surface area contributed by atoms with E-state index in [2.05, 4.69) is 20.4 Å². The molecule has 1 aromatic carbocycles. The van der Waals surface area contributed by atoms with Crippen LogP contribution in [0, 0.1) is 6.92 Å². The molecule has 2 atom stereocenters. The molecule has 0 unspecified atom stereocenters. The van der Waals surface area contributed by atoms with Gasteiger partial charge in [-0.25, -0.2) is 4.98 Å². The van der Waals surface area contributed by atoms with Crippen LogP contribution >= 0.6 is 0 Å². The molecular weight excluding hydrogens is 334 g/mol. The summed E-state index contributed by atoms with van der Waals surface area (Å²) in [5.41, 5.74) is 1.93. The van der Waals surface area contributed by atoms with E-state index in [1.54, 1.807) is 25.1 Å². The van der Waals surface area contributed by atoms with Gasteiger partial charge in [0.2, 0.25) is 0 Å². The average Bonchev–Trinajstić information content (AvgIpc) is 3.40. The highest BCUT2D eigenvalue weighted by molar-refractivity contribution is 5.98. The summed E-state index contributed by atoms with van der Waals surface area (Å²) in [6.45, 7) is 2.69. The van der Waals surface area contributed by atoms with Crippen molar-refractivity contribution in [2.24, 2.45) is 0 Å². The van der Waals surface area contributed by atoms with Crippen LogP contribution < -0.4 is 0 Å². The monoisotopic (exact) mass is 353 g/mol. The van der Waals surface area contributed by atoms with E-state index in [9.17, 15) is 4.79 Å². The third-order valence-corrected chi connectivity index (χ3v) is 4.64. The van der Waals surface area contributed by atoms with Crippen LogP contribution in [0.2, 0.25) is 0 Å². The Morgan fingerprint density at radius 3 is 2.81 bits per heavy atom. The van der Waals surface area contributed by atoms with Gasteiger partial charge in [0.05, 0.1) is 23.9 Å². The largest absolute Gasteiger partial charge is 0.440 e. The second kappa shape index (κ2) is 6.72. The van der Waals surface area contributed by atoms with Gasteiger partial charge < -0.3 is 14.1 Å². The number of amides is 1. The summed E-state index contributed by atoms with van der Waals surface area (Å²) in [5, 5.41) is 10.6. The van der Waals surface area contributed by atoms with Crippen LogP contribution in [0.1, 0.15) is 28.0 Å². The zero-order valence-corrected chi connectivity index (χ0v) is 14.5. The fraction of sp³-hybridized carbons (Fsp3) is 0.333. The van der Waals surface area contributed by atoms with E-state index in [0.717, 1.165) is 11.3 Å². The lowest BCUT2D eigenvalue weighted by Gasteiger charge is -2.15. The number of oxazole rings is 1. The van der Waals surface area contributed by atoms with Crippen LogP contribution in [-0.4, -0.2) is 57.5 Å². The van der Waals surface area contributed by atoms with Crippen molar-refractivity contribution in [2.75, 3.05) is 20.2 Å². The molecule has 3 heterocycles. The Morgan fingerprint density at radius 1 is 1.31 bits per heavy atom. The fourth-order valence-electron chi connectivity index (χ4n) is 3.36. The summed E-state index contributed by atoms with van der Waals surface area (Å²) in [4.78, 5) is 19.2. The lowest BCUT2D eigenvalue weighted by atomic mass is 10.0. The summed E-state index contributed by atoms with van der Waals surface area (Å²) < 4.78 is 11.3. The number of nitrogens with zero attached hydrogens (tertiary/aromatic N) is 4. The number of hydrogen-bond acceptors (Lipinski definition) is 6. The van der Waals surface area contributed by atoms with E-state index in [1.807, 2.05) is 30.3 Å². The molecule has 8 heteroatoms. The standard InChI is InChI=1S/C18H19N5O3/c1-11-20-16(17(26-11)12-6-4-3-5-7-12)18(24)23-9-13(15(10-23)25-2)14-8-19-22-21-14/h3-8,13,15H,9-10H2,1-2H3,(H,19,21,22)/t13-,15+/m0/s1. The molecule has 26 heavy (non-hydrogen) atoms. The van der Waals surface area contributed by atoms with Gasteiger partial charge in [0.25, 0.3) is 5.91 Å². The number of rotatable bonds is 4. The Bertz CT molecular complexity index is 891. The summed E-state index contributed by atoms with van der Waals surface area (Å²) >= 11 is 0. The average molecular weight is 353 g/mol. The molecular formula is C18H19N5O3. The van der Waals surface area contributed by atoms with Gasteiger partial charge in [-0.15, -0.1) is 0 Å². The van der Waals surface area contributed by atoms with Crippen LogP contribution in [0.15, 0.2) is 40.9 Å². The topological polar surface area (TPSA) is 97.1 Å². The third kappa shape index (κ3) is 2.88. The molecule has 2 aromatic heterocycles. The molecule has 1 amide bonds. The smallest absolute Gasteiger partial charge is 0.276 e. The second-order valence-corrected chi connectivity index (χ2v) is 6.26. The number of aromatic amines is 1. The molecule has 1 aliphatic heterocycles. The van der Waals surface area contributed by atoms with Crippen LogP contribution in [0.5, 0.6) is 0 Å². The van der Waals surface area contributed by atoms with Crippen molar-refractivity contribution in [3.63, 3.8) is 0 Å². The highest BCUT2D eigenvalue weighted by Crippen LogP contribution is 2.31. The van der Waals surface area contributed by atoms with Gasteiger partial charge in [0.1, 0.15) is 0 Å². The molecule has 0 spiro atoms. The van der Waals surface area contributed by atoms with Crippen molar-refractivity contribution in [1.82, 2.24) is 25.3 Å². The maximum atomic E-state index is 13.1. The third-order valence-electron chi connectivity index (χ3n) is 4.64. The summed E-state index contributed by atoms with van der Waals surface area (Å²) in [6, 6.07) is 9.52. The number of aromatic nitrogens is 4. The van der Waals surface area contributed by atoms with Crippen LogP contribution in [0.25, 0.3) is 11.3 Å². The minimum atomic E-state index is -0.172. The van der Waals surface area contributed by atoms with E-state index in [-0.39, 0.29) is 17.9 Å². The highest BCUT2D eigenvalue weighted by Gasteiger charge is 2.39. The first-order valence-corrected chi connectivity index (χ1v) is 8.38. The van der Waals surface area contributed by atoms with Crippen LogP contribution in [0.3, 0.4) is 0 Å². The molecule has 134 valence electrons. The van der Waals surface area contributed by atoms with E-state index >= 15 is 0 Å². The predicted molar refractivity (Wildman–Crippen MR) is 92.5 cm³/mol. The van der Waals surface area contributed by atoms with Gasteiger partial charge in [-0.05, 0) is 0 Å². The van der Waals surface area contributed by atoms with Gasteiger partial charge in [-0.3, -0.25) is 4.79 Å². The van der Waals surface area contributed by atoms with Gasteiger partial charge in [0.15, 0.2) is 17.3 Å². The molecule has 8 nitrogen and oxygen atoms in total. The summed E-state index contributed by atoms with van der Waals surface area (Å²) in [6.07, 6.45) is 1.53. The van der Waals surface area contributed by atoms with Crippen molar-refractivity contribution >= 4 is 5.91 Å². The van der Waals surface area contributed by atoms with E-state index < -0.39 is 0 Å². The van der Waals surface area contributed by atoms with Crippen LogP contribution in [-0.2, 0) is 4.74 Å². The zero-order valence-electron chi connectivity index (χ0n) is 14.5. The highest BCUT2D eigenvalue weighted by atomic mass is 16.5. The van der Waals surface area contributed by atoms with Crippen molar-refractivity contribution in [3.8, 4) is 11.3 Å². The maximum Gasteiger partial charge on any atom is 0.276 e. The van der Waals surface area contributed by atoms with E-state index in [4.69, 9.17) is 9.15 Å². The Morgan fingerprint density at radius 2 is 2.12 bits per heavy atom. The Balaban J connectivity index is 1.63. The zero-order chi connectivity index (χ0) is 18.1. The summed E-state index contributed by atoms with van der Waals surface area (Å²) in [7, 11) is 1.64. The maximum absolute atomic E-state index is 13.1. The number of methoxy groups -OCH3 is 1. The molecule has 1 saturated heterocycles. The van der Waals surface area contributed by atoms with Crippen molar-refractivity contribution in [2.45, 2.75) is 18.9 Å². The Labute approximate surface area is 150 Å². The molecule has 0 radical (unpaired) electrons. The first-order chi connectivity index (χ1) is 12.7. The van der Waals surface area contributed by atoms with Crippen molar-refractivity contribution in [1.29, 1.82) is 0 Å². The van der Waals surface area contributed by atoms with Gasteiger partial charge >= 0.3 is 0 Å². The van der Waals surface area contributed by atoms with Gasteiger partial charge in [-0.1, -0.05) is 30.3 Å². The summed E-state index contributed by atoms with van der Waals surface area (Å²) in [5.74, 6) is 0.749. The molecule has 0 saturated carbocycles. The van der Waals surface area contributed by atoms with E-state index in [1.165, 1.54) is 0 Å². The number of aryl methyl sites for hydroxylation is 1. The molecule has 1 N–H and O–H groups in total. The number of ether oxygens (including phenoxy) is 1. The normalized spacial score (nSPS) is 19.8. The number of carbonyl (C=O) groups excluding carboxylic acids is 1. The van der Waals surface area contributed by atoms with Crippen LogP contribution in [0.4, 0.5) is 0 Å². The predicted octanol–water partition coefficient (Wildman–Crippen LogP) is 2.02. The Kier molecular flexibility index (Phi) is 4.26. The molecule has 0 aliphatic carbocycles. The lowest BCUT2D eigenvalue weighted by Crippen LogP contribution is -2.30. The first kappa shape index (κ1) is 16.5. The number of likely N-dealkylation sites (tertiary alicyclic amines) is 1. The molecule has 4 rings (SSSR count). The second-order valence-electron chi connectivity index (χ2n) is 6.26. The SMILES string of the molecule is CO[C@@H]1CN(C(=O)c2nc(C)oc2-c2ccccc2)C[C@H]1c1cn[nH]n1.